The average molecular weight is 291 g/mol. The maximum Gasteiger partial charge on any atom is 0.191 e. The molecule has 3 N–H and O–H groups in total. The number of nitrogens with zero attached hydrogens (tertiary/aromatic N) is 1. The van der Waals surface area contributed by atoms with Crippen LogP contribution >= 0.6 is 0 Å². The van der Waals surface area contributed by atoms with E-state index in [0.29, 0.717) is 19.0 Å². The summed E-state index contributed by atoms with van der Waals surface area (Å²) in [7, 11) is 0. The largest absolute Gasteiger partial charge is 0.493 e. The van der Waals surface area contributed by atoms with E-state index in [-0.39, 0.29) is 6.61 Å². The van der Waals surface area contributed by atoms with Crippen LogP contribution in [0.15, 0.2) is 29.3 Å². The van der Waals surface area contributed by atoms with E-state index in [0.717, 1.165) is 30.4 Å². The van der Waals surface area contributed by atoms with Crippen LogP contribution < -0.4 is 15.4 Å². The molecule has 0 unspecified atom stereocenters. The Labute approximate surface area is 126 Å². The lowest BCUT2D eigenvalue weighted by Crippen LogP contribution is -2.38. The van der Waals surface area contributed by atoms with E-state index in [9.17, 15) is 0 Å². The molecule has 1 aromatic carbocycles. The lowest BCUT2D eigenvalue weighted by molar-refractivity contribution is 0.296. The van der Waals surface area contributed by atoms with Crippen molar-refractivity contribution in [1.29, 1.82) is 0 Å². The second kappa shape index (κ2) is 8.52. The van der Waals surface area contributed by atoms with Gasteiger partial charge in [0.05, 0.1) is 19.8 Å². The number of hydrogen-bond donors (Lipinski definition) is 3. The van der Waals surface area contributed by atoms with E-state index < -0.39 is 0 Å². The molecule has 1 aliphatic rings. The topological polar surface area (TPSA) is 65.9 Å². The zero-order valence-electron chi connectivity index (χ0n) is 12.6. The van der Waals surface area contributed by atoms with Crippen molar-refractivity contribution < 1.29 is 9.84 Å². The molecule has 2 rings (SSSR count). The molecule has 0 bridgehead atoms. The van der Waals surface area contributed by atoms with Crippen LogP contribution in [-0.4, -0.2) is 37.4 Å². The Kier molecular flexibility index (Phi) is 6.34. The summed E-state index contributed by atoms with van der Waals surface area (Å²) in [6.45, 7) is 4.75. The quantitative estimate of drug-likeness (QED) is 0.502. The molecule has 1 saturated carbocycles. The smallest absolute Gasteiger partial charge is 0.191 e. The molecule has 0 aromatic heterocycles. The van der Waals surface area contributed by atoms with Gasteiger partial charge in [0.25, 0.3) is 0 Å². The average Bonchev–Trinajstić information content (AvgIpc) is 3.33. The van der Waals surface area contributed by atoms with Gasteiger partial charge in [-0.1, -0.05) is 18.2 Å². The predicted octanol–water partition coefficient (Wildman–Crippen LogP) is 1.52. The van der Waals surface area contributed by atoms with Crippen molar-refractivity contribution in [3.8, 4) is 5.75 Å². The van der Waals surface area contributed by atoms with E-state index >= 15 is 0 Å². The van der Waals surface area contributed by atoms with Crippen LogP contribution in [-0.2, 0) is 6.54 Å². The van der Waals surface area contributed by atoms with Gasteiger partial charge in [0.2, 0.25) is 0 Å². The first kappa shape index (κ1) is 15.6. The molecule has 1 fully saturated rings. The fourth-order valence-electron chi connectivity index (χ4n) is 1.95. The third-order valence-corrected chi connectivity index (χ3v) is 3.30. The molecule has 0 atom stereocenters. The van der Waals surface area contributed by atoms with Crippen molar-refractivity contribution in [3.63, 3.8) is 0 Å². The molecule has 21 heavy (non-hydrogen) atoms. The molecule has 0 spiro atoms. The summed E-state index contributed by atoms with van der Waals surface area (Å²) in [6, 6.07) is 8.04. The van der Waals surface area contributed by atoms with Crippen molar-refractivity contribution in [2.45, 2.75) is 26.3 Å². The number of aliphatic hydroxyl groups excluding tert-OH is 1. The SMILES string of the molecule is CCNC(=NCc1ccccc1OCC1CC1)NCCO. The summed E-state index contributed by atoms with van der Waals surface area (Å²) < 4.78 is 5.88. The maximum atomic E-state index is 8.88. The second-order valence-electron chi connectivity index (χ2n) is 5.21. The Morgan fingerprint density at radius 1 is 1.33 bits per heavy atom. The molecule has 1 aliphatic carbocycles. The van der Waals surface area contributed by atoms with Gasteiger partial charge in [0.1, 0.15) is 5.75 Å². The standard InChI is InChI=1S/C16H25N3O2/c1-2-17-16(18-9-10-20)19-11-14-5-3-4-6-15(14)21-12-13-7-8-13/h3-6,13,20H,2,7-12H2,1H3,(H2,17,18,19). The number of benzene rings is 1. The summed E-state index contributed by atoms with van der Waals surface area (Å²) in [5.41, 5.74) is 1.08. The molecule has 0 amide bonds. The van der Waals surface area contributed by atoms with Gasteiger partial charge in [-0.2, -0.15) is 0 Å². The van der Waals surface area contributed by atoms with Gasteiger partial charge >= 0.3 is 0 Å². The van der Waals surface area contributed by atoms with Crippen LogP contribution in [0, 0.1) is 5.92 Å². The van der Waals surface area contributed by atoms with Crippen molar-refractivity contribution in [3.05, 3.63) is 29.8 Å². The van der Waals surface area contributed by atoms with Crippen molar-refractivity contribution >= 4 is 5.96 Å². The molecule has 0 radical (unpaired) electrons. The van der Waals surface area contributed by atoms with Gasteiger partial charge in [0.15, 0.2) is 5.96 Å². The van der Waals surface area contributed by atoms with Gasteiger partial charge < -0.3 is 20.5 Å². The molecule has 5 nitrogen and oxygen atoms in total. The van der Waals surface area contributed by atoms with Gasteiger partial charge in [-0.05, 0) is 31.7 Å². The Bertz CT molecular complexity index is 459. The minimum atomic E-state index is 0.0888. The van der Waals surface area contributed by atoms with Gasteiger partial charge in [-0.25, -0.2) is 4.99 Å². The molecule has 116 valence electrons. The molecule has 0 heterocycles. The fourth-order valence-corrected chi connectivity index (χ4v) is 1.95. The van der Waals surface area contributed by atoms with Crippen LogP contribution in [0.2, 0.25) is 0 Å². The van der Waals surface area contributed by atoms with Crippen molar-refractivity contribution in [1.82, 2.24) is 10.6 Å². The number of ether oxygens (including phenoxy) is 1. The first-order valence-corrected chi connectivity index (χ1v) is 7.67. The molecule has 1 aromatic rings. The highest BCUT2D eigenvalue weighted by atomic mass is 16.5. The highest BCUT2D eigenvalue weighted by molar-refractivity contribution is 5.79. The van der Waals surface area contributed by atoms with E-state index in [2.05, 4.69) is 15.6 Å². The van der Waals surface area contributed by atoms with E-state index in [1.54, 1.807) is 0 Å². The predicted molar refractivity (Wildman–Crippen MR) is 84.6 cm³/mol. The molecular formula is C16H25N3O2. The van der Waals surface area contributed by atoms with Crippen LogP contribution in [0.1, 0.15) is 25.3 Å². The number of aliphatic hydroxyl groups is 1. The van der Waals surface area contributed by atoms with Crippen LogP contribution in [0.25, 0.3) is 0 Å². The minimum Gasteiger partial charge on any atom is -0.493 e. The zero-order chi connectivity index (χ0) is 14.9. The summed E-state index contributed by atoms with van der Waals surface area (Å²) in [5, 5.41) is 15.1. The summed E-state index contributed by atoms with van der Waals surface area (Å²) in [5.74, 6) is 2.37. The summed E-state index contributed by atoms with van der Waals surface area (Å²) in [4.78, 5) is 4.53. The fraction of sp³-hybridized carbons (Fsp3) is 0.562. The minimum absolute atomic E-state index is 0.0888. The Morgan fingerprint density at radius 3 is 2.86 bits per heavy atom. The van der Waals surface area contributed by atoms with Crippen molar-refractivity contribution in [2.24, 2.45) is 10.9 Å². The summed E-state index contributed by atoms with van der Waals surface area (Å²) in [6.07, 6.45) is 2.58. The van der Waals surface area contributed by atoms with Crippen LogP contribution in [0.3, 0.4) is 0 Å². The Balaban J connectivity index is 1.95. The number of hydrogen-bond acceptors (Lipinski definition) is 3. The van der Waals surface area contributed by atoms with Crippen LogP contribution in [0.4, 0.5) is 0 Å². The van der Waals surface area contributed by atoms with E-state index in [4.69, 9.17) is 9.84 Å². The molecule has 5 heteroatoms. The molecule has 0 saturated heterocycles. The Hall–Kier alpha value is -1.75. The van der Waals surface area contributed by atoms with Crippen molar-refractivity contribution in [2.75, 3.05) is 26.3 Å². The number of guanidine groups is 1. The van der Waals surface area contributed by atoms with Gasteiger partial charge in [-0.15, -0.1) is 0 Å². The molecular weight excluding hydrogens is 266 g/mol. The monoisotopic (exact) mass is 291 g/mol. The zero-order valence-corrected chi connectivity index (χ0v) is 12.6. The maximum absolute atomic E-state index is 8.88. The first-order valence-electron chi connectivity index (χ1n) is 7.67. The highest BCUT2D eigenvalue weighted by Gasteiger charge is 2.22. The third kappa shape index (κ3) is 5.63. The Morgan fingerprint density at radius 2 is 2.14 bits per heavy atom. The number of nitrogens with one attached hydrogen (secondary N) is 2. The van der Waals surface area contributed by atoms with E-state index in [1.165, 1.54) is 12.8 Å². The number of rotatable bonds is 8. The highest BCUT2D eigenvalue weighted by Crippen LogP contribution is 2.30. The number of para-hydroxylation sites is 1. The van der Waals surface area contributed by atoms with Crippen LogP contribution in [0.5, 0.6) is 5.75 Å². The number of aliphatic imine (C=N–C) groups is 1. The first-order chi connectivity index (χ1) is 10.3. The second-order valence-corrected chi connectivity index (χ2v) is 5.21. The van der Waals surface area contributed by atoms with Gasteiger partial charge in [-0.3, -0.25) is 0 Å². The lowest BCUT2D eigenvalue weighted by Gasteiger charge is -2.12. The lowest BCUT2D eigenvalue weighted by atomic mass is 10.2. The summed E-state index contributed by atoms with van der Waals surface area (Å²) >= 11 is 0. The third-order valence-electron chi connectivity index (χ3n) is 3.30. The normalized spacial score (nSPS) is 14.9. The molecule has 0 aliphatic heterocycles. The van der Waals surface area contributed by atoms with Gasteiger partial charge in [0, 0.05) is 18.7 Å². The van der Waals surface area contributed by atoms with E-state index in [1.807, 2.05) is 31.2 Å².